The van der Waals surface area contributed by atoms with Crippen molar-refractivity contribution in [1.29, 1.82) is 0 Å². The summed E-state index contributed by atoms with van der Waals surface area (Å²) in [6, 6.07) is 10.9. The maximum atomic E-state index is 13.1. The summed E-state index contributed by atoms with van der Waals surface area (Å²) in [6.07, 6.45) is 0. The van der Waals surface area contributed by atoms with Crippen LogP contribution in [-0.2, 0) is 6.54 Å². The van der Waals surface area contributed by atoms with Crippen molar-refractivity contribution in [2.75, 3.05) is 0 Å². The van der Waals surface area contributed by atoms with Gasteiger partial charge in [0.05, 0.1) is 0 Å². The molecule has 6 nitrogen and oxygen atoms in total. The minimum absolute atomic E-state index is 0.0119. The first kappa shape index (κ1) is 18.6. The monoisotopic (exact) mass is 387 g/mol. The van der Waals surface area contributed by atoms with Gasteiger partial charge in [0.1, 0.15) is 5.82 Å². The molecule has 1 aromatic heterocycles. The highest BCUT2D eigenvalue weighted by atomic mass is 35.5. The van der Waals surface area contributed by atoms with E-state index in [1.54, 1.807) is 12.1 Å². The molecule has 2 aromatic carbocycles. The van der Waals surface area contributed by atoms with Gasteiger partial charge in [-0.1, -0.05) is 47.5 Å². The van der Waals surface area contributed by atoms with E-state index < -0.39 is 23.4 Å². The minimum atomic E-state index is -0.737. The quantitative estimate of drug-likeness (QED) is 0.636. The number of aromatic hydroxyl groups is 2. The summed E-state index contributed by atoms with van der Waals surface area (Å²) >= 11 is 5.93. The van der Waals surface area contributed by atoms with Crippen LogP contribution in [0.5, 0.6) is 11.6 Å². The van der Waals surface area contributed by atoms with Gasteiger partial charge in [-0.05, 0) is 24.6 Å². The van der Waals surface area contributed by atoms with Gasteiger partial charge in [-0.3, -0.25) is 4.79 Å². The van der Waals surface area contributed by atoms with Crippen molar-refractivity contribution in [3.63, 3.8) is 0 Å². The van der Waals surface area contributed by atoms with Crippen molar-refractivity contribution < 1.29 is 19.4 Å². The zero-order valence-electron chi connectivity index (χ0n) is 14.2. The van der Waals surface area contributed by atoms with Gasteiger partial charge in [0.25, 0.3) is 11.8 Å². The van der Waals surface area contributed by atoms with Crippen LogP contribution in [0.25, 0.3) is 11.4 Å². The molecule has 0 aliphatic carbocycles. The van der Waals surface area contributed by atoms with Crippen molar-refractivity contribution in [3.05, 3.63) is 70.1 Å². The molecule has 0 atom stereocenters. The lowest BCUT2D eigenvalue weighted by Gasteiger charge is -2.10. The SMILES string of the molecule is Cc1ccc(-c2nc(O)c(O)c(C(=O)NCc3ccc(F)cc3Cl)n2)cc1. The van der Waals surface area contributed by atoms with Crippen LogP contribution in [0.4, 0.5) is 4.39 Å². The maximum Gasteiger partial charge on any atom is 0.274 e. The number of amides is 1. The summed E-state index contributed by atoms with van der Waals surface area (Å²) in [7, 11) is 0. The van der Waals surface area contributed by atoms with Gasteiger partial charge in [-0.2, -0.15) is 4.98 Å². The predicted octanol–water partition coefficient (Wildman–Crippen LogP) is 3.59. The van der Waals surface area contributed by atoms with Gasteiger partial charge in [0.15, 0.2) is 11.5 Å². The highest BCUT2D eigenvalue weighted by Crippen LogP contribution is 2.29. The molecule has 8 heteroatoms. The van der Waals surface area contributed by atoms with E-state index in [-0.39, 0.29) is 23.1 Å². The number of nitrogens with one attached hydrogen (secondary N) is 1. The normalized spacial score (nSPS) is 10.6. The topological polar surface area (TPSA) is 95.3 Å². The van der Waals surface area contributed by atoms with Gasteiger partial charge in [-0.15, -0.1) is 0 Å². The summed E-state index contributed by atoms with van der Waals surface area (Å²) in [5, 5.41) is 22.5. The standard InChI is InChI=1S/C19H15ClFN3O3/c1-10-2-4-11(5-3-10)17-23-15(16(25)19(27)24-17)18(26)22-9-12-6-7-13(21)8-14(12)20/h2-8,25H,9H2,1H3,(H,22,26)(H,23,24,27). The molecule has 27 heavy (non-hydrogen) atoms. The smallest absolute Gasteiger partial charge is 0.274 e. The average molecular weight is 388 g/mol. The predicted molar refractivity (Wildman–Crippen MR) is 98.1 cm³/mol. The lowest BCUT2D eigenvalue weighted by atomic mass is 10.1. The van der Waals surface area contributed by atoms with Gasteiger partial charge in [0, 0.05) is 17.1 Å². The summed E-state index contributed by atoms with van der Waals surface area (Å²) in [6.45, 7) is 1.90. The fourth-order valence-corrected chi connectivity index (χ4v) is 2.59. The summed E-state index contributed by atoms with van der Waals surface area (Å²) < 4.78 is 13.1. The van der Waals surface area contributed by atoms with E-state index in [9.17, 15) is 19.4 Å². The first-order valence-electron chi connectivity index (χ1n) is 7.94. The van der Waals surface area contributed by atoms with E-state index in [0.717, 1.165) is 11.6 Å². The molecule has 0 fully saturated rings. The Bertz CT molecular complexity index is 1010. The Balaban J connectivity index is 1.86. The Morgan fingerprint density at radius 1 is 1.15 bits per heavy atom. The van der Waals surface area contributed by atoms with Crippen molar-refractivity contribution in [2.45, 2.75) is 13.5 Å². The third-order valence-electron chi connectivity index (χ3n) is 3.84. The molecular formula is C19H15ClFN3O3. The molecule has 0 unspecified atom stereocenters. The highest BCUT2D eigenvalue weighted by molar-refractivity contribution is 6.31. The number of halogens is 2. The van der Waals surface area contributed by atoms with Crippen LogP contribution < -0.4 is 5.32 Å². The summed E-state index contributed by atoms with van der Waals surface area (Å²) in [4.78, 5) is 20.3. The number of benzene rings is 2. The van der Waals surface area contributed by atoms with E-state index in [1.807, 2.05) is 19.1 Å². The Morgan fingerprint density at radius 3 is 2.52 bits per heavy atom. The number of hydrogen-bond donors (Lipinski definition) is 3. The molecule has 0 spiro atoms. The second-order valence-corrected chi connectivity index (χ2v) is 6.26. The molecule has 138 valence electrons. The fourth-order valence-electron chi connectivity index (χ4n) is 2.36. The van der Waals surface area contributed by atoms with E-state index in [0.29, 0.717) is 11.1 Å². The summed E-state index contributed by atoms with van der Waals surface area (Å²) in [5.41, 5.74) is 1.71. The zero-order chi connectivity index (χ0) is 19.6. The second-order valence-electron chi connectivity index (χ2n) is 5.85. The van der Waals surface area contributed by atoms with Crippen LogP contribution in [0.3, 0.4) is 0 Å². The number of hydrogen-bond acceptors (Lipinski definition) is 5. The number of nitrogens with zero attached hydrogens (tertiary/aromatic N) is 2. The second kappa shape index (κ2) is 7.59. The van der Waals surface area contributed by atoms with Gasteiger partial charge in [0.2, 0.25) is 5.75 Å². The van der Waals surface area contributed by atoms with Crippen LogP contribution in [0.2, 0.25) is 5.02 Å². The fraction of sp³-hybridized carbons (Fsp3) is 0.105. The Labute approximate surface area is 159 Å². The third-order valence-corrected chi connectivity index (χ3v) is 4.20. The first-order valence-corrected chi connectivity index (χ1v) is 8.32. The van der Waals surface area contributed by atoms with Crippen LogP contribution in [0.1, 0.15) is 21.6 Å². The van der Waals surface area contributed by atoms with Gasteiger partial charge < -0.3 is 15.5 Å². The number of aryl methyl sites for hydroxylation is 1. The maximum absolute atomic E-state index is 13.1. The third kappa shape index (κ3) is 4.15. The Hall–Kier alpha value is -3.19. The van der Waals surface area contributed by atoms with Gasteiger partial charge in [-0.25, -0.2) is 9.37 Å². The molecule has 3 aromatic rings. The van der Waals surface area contributed by atoms with Gasteiger partial charge >= 0.3 is 0 Å². The molecule has 0 bridgehead atoms. The molecule has 1 heterocycles. The van der Waals surface area contributed by atoms with E-state index in [2.05, 4.69) is 15.3 Å². The minimum Gasteiger partial charge on any atom is -0.501 e. The van der Waals surface area contributed by atoms with Crippen LogP contribution >= 0.6 is 11.6 Å². The lowest BCUT2D eigenvalue weighted by molar-refractivity contribution is 0.0942. The number of aromatic nitrogens is 2. The molecule has 0 saturated carbocycles. The van der Waals surface area contributed by atoms with Crippen molar-refractivity contribution >= 4 is 17.5 Å². The number of carbonyl (C=O) groups is 1. The van der Waals surface area contributed by atoms with E-state index in [4.69, 9.17) is 11.6 Å². The van der Waals surface area contributed by atoms with E-state index >= 15 is 0 Å². The highest BCUT2D eigenvalue weighted by Gasteiger charge is 2.20. The van der Waals surface area contributed by atoms with Crippen molar-refractivity contribution in [2.24, 2.45) is 0 Å². The van der Waals surface area contributed by atoms with Crippen LogP contribution in [-0.4, -0.2) is 26.1 Å². The molecular weight excluding hydrogens is 373 g/mol. The van der Waals surface area contributed by atoms with Crippen molar-refractivity contribution in [1.82, 2.24) is 15.3 Å². The number of rotatable bonds is 4. The molecule has 0 aliphatic heterocycles. The van der Waals surface area contributed by atoms with Crippen LogP contribution in [0, 0.1) is 12.7 Å². The first-order chi connectivity index (χ1) is 12.8. The summed E-state index contributed by atoms with van der Waals surface area (Å²) in [5.74, 6) is -2.57. The van der Waals surface area contributed by atoms with E-state index in [1.165, 1.54) is 12.1 Å². The largest absolute Gasteiger partial charge is 0.501 e. The Morgan fingerprint density at radius 2 is 1.85 bits per heavy atom. The zero-order valence-corrected chi connectivity index (χ0v) is 15.0. The molecule has 0 saturated heterocycles. The van der Waals surface area contributed by atoms with Crippen molar-refractivity contribution in [3.8, 4) is 23.0 Å². The lowest BCUT2D eigenvalue weighted by Crippen LogP contribution is -2.24. The van der Waals surface area contributed by atoms with Crippen LogP contribution in [0.15, 0.2) is 42.5 Å². The molecule has 3 N–H and O–H groups in total. The molecule has 1 amide bonds. The number of carbonyl (C=O) groups excluding carboxylic acids is 1. The average Bonchev–Trinajstić information content (AvgIpc) is 2.63. The molecule has 3 rings (SSSR count). The molecule has 0 aliphatic rings. The molecule has 0 radical (unpaired) electrons. The Kier molecular flexibility index (Phi) is 5.23.